The summed E-state index contributed by atoms with van der Waals surface area (Å²) in [7, 11) is 0. The zero-order valence-corrected chi connectivity index (χ0v) is 16.1. The van der Waals surface area contributed by atoms with Crippen molar-refractivity contribution in [2.75, 3.05) is 30.3 Å². The molecule has 1 aliphatic heterocycles. The summed E-state index contributed by atoms with van der Waals surface area (Å²) in [6.07, 6.45) is 4.25. The van der Waals surface area contributed by atoms with Crippen LogP contribution >= 0.6 is 23.4 Å². The molecule has 1 saturated carbocycles. The van der Waals surface area contributed by atoms with E-state index in [9.17, 15) is 5.11 Å². The van der Waals surface area contributed by atoms with Gasteiger partial charge in [0.1, 0.15) is 12.4 Å². The highest BCUT2D eigenvalue weighted by atomic mass is 35.5. The summed E-state index contributed by atoms with van der Waals surface area (Å²) in [5.41, 5.74) is 0. The molecule has 8 heteroatoms. The number of aromatic nitrogens is 3. The number of hydrogen-bond acceptors (Lipinski definition) is 6. The minimum atomic E-state index is -0.574. The Bertz CT molecular complexity index is 729. The monoisotopic (exact) mass is 394 g/mol. The van der Waals surface area contributed by atoms with Crippen molar-refractivity contribution < 1.29 is 9.84 Å². The van der Waals surface area contributed by atoms with Gasteiger partial charge in [0.15, 0.2) is 5.16 Å². The summed E-state index contributed by atoms with van der Waals surface area (Å²) in [6.45, 7) is 2.37. The summed E-state index contributed by atoms with van der Waals surface area (Å²) in [4.78, 5) is 2.33. The Morgan fingerprint density at radius 2 is 1.92 bits per heavy atom. The van der Waals surface area contributed by atoms with Gasteiger partial charge in [0, 0.05) is 29.9 Å². The first kappa shape index (κ1) is 17.9. The summed E-state index contributed by atoms with van der Waals surface area (Å²) in [5, 5.41) is 20.6. The molecule has 6 nitrogen and oxygen atoms in total. The molecule has 1 saturated heterocycles. The zero-order chi connectivity index (χ0) is 17.9. The zero-order valence-electron chi connectivity index (χ0n) is 14.6. The minimum absolute atomic E-state index is 0.241. The molecule has 1 aromatic heterocycles. The predicted molar refractivity (Wildman–Crippen MR) is 103 cm³/mol. The summed E-state index contributed by atoms with van der Waals surface area (Å²) < 4.78 is 7.88. The molecule has 26 heavy (non-hydrogen) atoms. The van der Waals surface area contributed by atoms with E-state index >= 15 is 0 Å². The number of halogens is 1. The number of nitrogens with zero attached hydrogens (tertiary/aromatic N) is 4. The Morgan fingerprint density at radius 3 is 2.62 bits per heavy atom. The number of thioether (sulfide) groups is 1. The second-order valence-corrected chi connectivity index (χ2v) is 8.23. The third-order valence-corrected chi connectivity index (χ3v) is 5.95. The standard InChI is InChI=1S/C18H23ClN4O2S/c19-13-3-7-16(8-4-13)25-11-15(24)12-26-18-21-20-17(22-9-1-2-10-22)23(18)14-5-6-14/h3-4,7-8,14-15,24H,1-2,5-6,9-12H2. The molecule has 2 fully saturated rings. The van der Waals surface area contributed by atoms with E-state index < -0.39 is 6.10 Å². The molecule has 2 aromatic rings. The van der Waals surface area contributed by atoms with E-state index in [0.717, 1.165) is 24.2 Å². The van der Waals surface area contributed by atoms with Crippen molar-refractivity contribution in [1.82, 2.24) is 14.8 Å². The molecule has 2 heterocycles. The molecule has 1 atom stereocenters. The Balaban J connectivity index is 1.33. The fourth-order valence-electron chi connectivity index (χ4n) is 3.09. The summed E-state index contributed by atoms with van der Waals surface area (Å²) in [6, 6.07) is 7.67. The lowest BCUT2D eigenvalue weighted by atomic mass is 10.3. The third kappa shape index (κ3) is 4.27. The van der Waals surface area contributed by atoms with Crippen molar-refractivity contribution >= 4 is 29.3 Å². The van der Waals surface area contributed by atoms with E-state index in [-0.39, 0.29) is 6.61 Å². The number of aliphatic hydroxyl groups is 1. The Morgan fingerprint density at radius 1 is 1.19 bits per heavy atom. The van der Waals surface area contributed by atoms with Crippen molar-refractivity contribution in [3.05, 3.63) is 29.3 Å². The van der Waals surface area contributed by atoms with Gasteiger partial charge in [-0.3, -0.25) is 4.57 Å². The first-order valence-electron chi connectivity index (χ1n) is 9.10. The lowest BCUT2D eigenvalue weighted by Gasteiger charge is -2.18. The van der Waals surface area contributed by atoms with Crippen LogP contribution in [-0.4, -0.2) is 51.4 Å². The van der Waals surface area contributed by atoms with E-state index in [1.165, 1.54) is 25.7 Å². The minimum Gasteiger partial charge on any atom is -0.491 e. The van der Waals surface area contributed by atoms with Crippen molar-refractivity contribution in [2.45, 2.75) is 43.0 Å². The fourth-order valence-corrected chi connectivity index (χ4v) is 4.13. The summed E-state index contributed by atoms with van der Waals surface area (Å²) in [5.74, 6) is 2.23. The second-order valence-electron chi connectivity index (χ2n) is 6.81. The van der Waals surface area contributed by atoms with Gasteiger partial charge in [0.2, 0.25) is 5.95 Å². The van der Waals surface area contributed by atoms with Gasteiger partial charge < -0.3 is 14.7 Å². The lowest BCUT2D eigenvalue weighted by Crippen LogP contribution is -2.22. The topological polar surface area (TPSA) is 63.4 Å². The highest BCUT2D eigenvalue weighted by Crippen LogP contribution is 2.41. The average molecular weight is 395 g/mol. The normalized spacial score (nSPS) is 18.3. The molecule has 1 aromatic carbocycles. The van der Waals surface area contributed by atoms with E-state index in [2.05, 4.69) is 19.7 Å². The Hall–Kier alpha value is -1.44. The number of rotatable bonds is 8. The maximum Gasteiger partial charge on any atom is 0.228 e. The van der Waals surface area contributed by atoms with Gasteiger partial charge in [-0.1, -0.05) is 23.4 Å². The fraction of sp³-hybridized carbons (Fsp3) is 0.556. The van der Waals surface area contributed by atoms with Gasteiger partial charge in [-0.25, -0.2) is 0 Å². The number of anilines is 1. The maximum absolute atomic E-state index is 10.3. The largest absolute Gasteiger partial charge is 0.491 e. The van der Waals surface area contributed by atoms with Crippen LogP contribution in [-0.2, 0) is 0 Å². The molecule has 0 amide bonds. The van der Waals surface area contributed by atoms with Gasteiger partial charge in [-0.05, 0) is 49.9 Å². The molecule has 4 rings (SSSR count). The molecule has 1 aliphatic carbocycles. The van der Waals surface area contributed by atoms with Crippen molar-refractivity contribution in [2.24, 2.45) is 0 Å². The molecular formula is C18H23ClN4O2S. The van der Waals surface area contributed by atoms with Crippen LogP contribution < -0.4 is 9.64 Å². The van der Waals surface area contributed by atoms with E-state index in [4.69, 9.17) is 16.3 Å². The first-order chi connectivity index (χ1) is 12.7. The lowest BCUT2D eigenvalue weighted by molar-refractivity contribution is 0.126. The molecule has 2 aliphatic rings. The first-order valence-corrected chi connectivity index (χ1v) is 10.5. The van der Waals surface area contributed by atoms with Crippen LogP contribution in [0.2, 0.25) is 5.02 Å². The van der Waals surface area contributed by atoms with Gasteiger partial charge >= 0.3 is 0 Å². The van der Waals surface area contributed by atoms with E-state index in [0.29, 0.717) is 22.6 Å². The van der Waals surface area contributed by atoms with E-state index in [1.54, 1.807) is 36.0 Å². The molecule has 1 unspecified atom stereocenters. The predicted octanol–water partition coefficient (Wildman–Crippen LogP) is 3.40. The molecule has 0 spiro atoms. The summed E-state index contributed by atoms with van der Waals surface area (Å²) >= 11 is 7.41. The van der Waals surface area contributed by atoms with E-state index in [1.807, 2.05) is 0 Å². The molecule has 1 N–H and O–H groups in total. The number of aliphatic hydroxyl groups excluding tert-OH is 1. The van der Waals surface area contributed by atoms with Crippen molar-refractivity contribution in [1.29, 1.82) is 0 Å². The van der Waals surface area contributed by atoms with Crippen LogP contribution in [0.25, 0.3) is 0 Å². The maximum atomic E-state index is 10.3. The third-order valence-electron chi connectivity index (χ3n) is 4.61. The van der Waals surface area contributed by atoms with Crippen LogP contribution in [0, 0.1) is 0 Å². The quantitative estimate of drug-likeness (QED) is 0.692. The Kier molecular flexibility index (Phi) is 5.57. The van der Waals surface area contributed by atoms with Crippen LogP contribution in [0.15, 0.2) is 29.4 Å². The second kappa shape index (κ2) is 8.06. The number of hydrogen-bond donors (Lipinski definition) is 1. The average Bonchev–Trinajstić information content (AvgIpc) is 3.17. The van der Waals surface area contributed by atoms with Crippen LogP contribution in [0.1, 0.15) is 31.7 Å². The highest BCUT2D eigenvalue weighted by molar-refractivity contribution is 7.99. The molecule has 140 valence electrons. The molecule has 0 radical (unpaired) electrons. The molecule has 0 bridgehead atoms. The van der Waals surface area contributed by atoms with Crippen LogP contribution in [0.3, 0.4) is 0 Å². The highest BCUT2D eigenvalue weighted by Gasteiger charge is 2.32. The van der Waals surface area contributed by atoms with Gasteiger partial charge in [-0.15, -0.1) is 10.2 Å². The number of benzene rings is 1. The van der Waals surface area contributed by atoms with Crippen LogP contribution in [0.5, 0.6) is 5.75 Å². The van der Waals surface area contributed by atoms with Crippen molar-refractivity contribution in [3.8, 4) is 5.75 Å². The van der Waals surface area contributed by atoms with Gasteiger partial charge in [-0.2, -0.15) is 0 Å². The number of ether oxygens (including phenoxy) is 1. The Labute approximate surface area is 162 Å². The van der Waals surface area contributed by atoms with Gasteiger partial charge in [0.25, 0.3) is 0 Å². The smallest absolute Gasteiger partial charge is 0.228 e. The van der Waals surface area contributed by atoms with Crippen LogP contribution in [0.4, 0.5) is 5.95 Å². The van der Waals surface area contributed by atoms with Crippen molar-refractivity contribution in [3.63, 3.8) is 0 Å². The molecular weight excluding hydrogens is 372 g/mol. The SMILES string of the molecule is OC(COc1ccc(Cl)cc1)CSc1nnc(N2CCCC2)n1C1CC1. The van der Waals surface area contributed by atoms with Gasteiger partial charge in [0.05, 0.1) is 6.10 Å².